The Labute approximate surface area is 60.3 Å². The molecule has 9 heavy (non-hydrogen) atoms. The second-order valence-electron chi connectivity index (χ2n) is 4.53. The van der Waals surface area contributed by atoms with Crippen molar-refractivity contribution in [2.24, 2.45) is 5.41 Å². The van der Waals surface area contributed by atoms with Crippen LogP contribution in [0.2, 0.25) is 0 Å². The molecule has 0 nitrogen and oxygen atoms in total. The molecule has 1 fully saturated rings. The summed E-state index contributed by atoms with van der Waals surface area (Å²) < 4.78 is 0. The standard InChI is InChI=1S/C8H18S/c1-8(2)5-6-9(3,4)7-8/h5-7H2,1-4H3. The van der Waals surface area contributed by atoms with E-state index in [2.05, 4.69) is 26.4 Å². The molecule has 0 amide bonds. The predicted molar refractivity (Wildman–Crippen MR) is 47.6 cm³/mol. The third-order valence-electron chi connectivity index (χ3n) is 2.11. The Kier molecular flexibility index (Phi) is 1.59. The highest BCUT2D eigenvalue weighted by atomic mass is 32.3. The van der Waals surface area contributed by atoms with E-state index in [0.29, 0.717) is 5.41 Å². The van der Waals surface area contributed by atoms with Crippen LogP contribution in [0.1, 0.15) is 20.3 Å². The molecule has 1 aliphatic rings. The smallest absolute Gasteiger partial charge is 0.0181 e. The van der Waals surface area contributed by atoms with Crippen LogP contribution in [0.3, 0.4) is 0 Å². The summed E-state index contributed by atoms with van der Waals surface area (Å²) in [6.07, 6.45) is 6.37. The molecular weight excluding hydrogens is 128 g/mol. The van der Waals surface area contributed by atoms with E-state index in [0.717, 1.165) is 0 Å². The second kappa shape index (κ2) is 1.91. The van der Waals surface area contributed by atoms with E-state index in [1.54, 1.807) is 0 Å². The highest BCUT2D eigenvalue weighted by Crippen LogP contribution is 2.54. The van der Waals surface area contributed by atoms with E-state index in [1.807, 2.05) is 0 Å². The van der Waals surface area contributed by atoms with Crippen molar-refractivity contribution in [2.45, 2.75) is 20.3 Å². The molecule has 0 aromatic heterocycles. The van der Waals surface area contributed by atoms with Gasteiger partial charge in [-0.1, -0.05) is 13.8 Å². The largest absolute Gasteiger partial charge is 0.246 e. The first-order chi connectivity index (χ1) is 3.91. The molecule has 1 saturated heterocycles. The molecule has 0 aromatic rings. The van der Waals surface area contributed by atoms with E-state index in [9.17, 15) is 0 Å². The zero-order valence-electron chi connectivity index (χ0n) is 7.03. The van der Waals surface area contributed by atoms with E-state index in [4.69, 9.17) is 0 Å². The maximum Gasteiger partial charge on any atom is -0.0181 e. The van der Waals surface area contributed by atoms with Gasteiger partial charge < -0.3 is 0 Å². The Bertz CT molecular complexity index is 99.7. The van der Waals surface area contributed by atoms with Crippen LogP contribution >= 0.6 is 10.0 Å². The van der Waals surface area contributed by atoms with Gasteiger partial charge in [0.25, 0.3) is 0 Å². The summed E-state index contributed by atoms with van der Waals surface area (Å²) in [4.78, 5) is 0. The zero-order chi connectivity index (χ0) is 7.12. The monoisotopic (exact) mass is 146 g/mol. The fourth-order valence-corrected chi connectivity index (χ4v) is 5.26. The summed E-state index contributed by atoms with van der Waals surface area (Å²) in [5.74, 6) is 2.99. The van der Waals surface area contributed by atoms with Gasteiger partial charge in [-0.3, -0.25) is 0 Å². The molecule has 56 valence electrons. The minimum absolute atomic E-state index is 0.154. The zero-order valence-corrected chi connectivity index (χ0v) is 7.85. The van der Waals surface area contributed by atoms with Crippen LogP contribution in [0.15, 0.2) is 0 Å². The van der Waals surface area contributed by atoms with Crippen LogP contribution in [0.5, 0.6) is 0 Å². The molecule has 0 unspecified atom stereocenters. The molecule has 1 aliphatic heterocycles. The Morgan fingerprint density at radius 3 is 1.89 bits per heavy atom. The van der Waals surface area contributed by atoms with Crippen molar-refractivity contribution in [1.82, 2.24) is 0 Å². The Hall–Kier alpha value is 0.350. The number of hydrogen-bond acceptors (Lipinski definition) is 0. The third-order valence-corrected chi connectivity index (χ3v) is 4.99. The third kappa shape index (κ3) is 1.89. The van der Waals surface area contributed by atoms with Crippen molar-refractivity contribution in [2.75, 3.05) is 24.0 Å². The topological polar surface area (TPSA) is 0 Å². The predicted octanol–water partition coefficient (Wildman–Crippen LogP) is 2.48. The van der Waals surface area contributed by atoms with Gasteiger partial charge in [-0.25, -0.2) is 10.0 Å². The van der Waals surface area contributed by atoms with Crippen molar-refractivity contribution in [3.05, 3.63) is 0 Å². The van der Waals surface area contributed by atoms with Crippen molar-refractivity contribution >= 4 is 10.0 Å². The maximum atomic E-state index is 2.46. The normalized spacial score (nSPS) is 34.2. The summed E-state index contributed by atoms with van der Waals surface area (Å²) >= 11 is 0. The Morgan fingerprint density at radius 2 is 1.78 bits per heavy atom. The van der Waals surface area contributed by atoms with Crippen molar-refractivity contribution in [3.8, 4) is 0 Å². The van der Waals surface area contributed by atoms with E-state index < -0.39 is 0 Å². The molecule has 1 rings (SSSR count). The molecular formula is C8H18S. The summed E-state index contributed by atoms with van der Waals surface area (Å²) in [5, 5.41) is 0. The van der Waals surface area contributed by atoms with Gasteiger partial charge in [-0.15, -0.1) is 0 Å². The average molecular weight is 146 g/mol. The van der Waals surface area contributed by atoms with E-state index >= 15 is 0 Å². The fraction of sp³-hybridized carbons (Fsp3) is 1.00. The van der Waals surface area contributed by atoms with Gasteiger partial charge in [0.1, 0.15) is 0 Å². The van der Waals surface area contributed by atoms with Gasteiger partial charge in [0.15, 0.2) is 0 Å². The fourth-order valence-electron chi connectivity index (χ4n) is 1.75. The van der Waals surface area contributed by atoms with E-state index in [-0.39, 0.29) is 10.0 Å². The van der Waals surface area contributed by atoms with Crippen molar-refractivity contribution < 1.29 is 0 Å². The number of hydrogen-bond donors (Lipinski definition) is 0. The molecule has 0 aromatic carbocycles. The lowest BCUT2D eigenvalue weighted by Gasteiger charge is -2.26. The molecule has 0 atom stereocenters. The molecule has 0 radical (unpaired) electrons. The lowest BCUT2D eigenvalue weighted by molar-refractivity contribution is 0.428. The van der Waals surface area contributed by atoms with Crippen LogP contribution in [0, 0.1) is 5.41 Å². The summed E-state index contributed by atoms with van der Waals surface area (Å²) in [5.41, 5.74) is 0.666. The van der Waals surface area contributed by atoms with Crippen LogP contribution in [-0.2, 0) is 0 Å². The van der Waals surface area contributed by atoms with Crippen molar-refractivity contribution in [1.29, 1.82) is 0 Å². The van der Waals surface area contributed by atoms with Crippen LogP contribution < -0.4 is 0 Å². The maximum absolute atomic E-state index is 2.46. The van der Waals surface area contributed by atoms with Crippen LogP contribution in [-0.4, -0.2) is 24.0 Å². The molecule has 0 spiro atoms. The molecule has 0 aliphatic carbocycles. The van der Waals surface area contributed by atoms with Gasteiger partial charge >= 0.3 is 0 Å². The quantitative estimate of drug-likeness (QED) is 0.492. The molecule has 0 saturated carbocycles. The highest BCUT2D eigenvalue weighted by Gasteiger charge is 2.32. The molecule has 0 bridgehead atoms. The van der Waals surface area contributed by atoms with Gasteiger partial charge in [0, 0.05) is 0 Å². The lowest BCUT2D eigenvalue weighted by Crippen LogP contribution is -2.10. The van der Waals surface area contributed by atoms with Crippen LogP contribution in [0.25, 0.3) is 0 Å². The van der Waals surface area contributed by atoms with Crippen LogP contribution in [0.4, 0.5) is 0 Å². The first kappa shape index (κ1) is 7.46. The van der Waals surface area contributed by atoms with Gasteiger partial charge in [-0.05, 0) is 35.9 Å². The van der Waals surface area contributed by atoms with Crippen molar-refractivity contribution in [3.63, 3.8) is 0 Å². The first-order valence-electron chi connectivity index (χ1n) is 3.60. The highest BCUT2D eigenvalue weighted by molar-refractivity contribution is 8.32. The Balaban J connectivity index is 2.58. The molecule has 0 N–H and O–H groups in total. The minimum atomic E-state index is -0.154. The molecule has 1 heteroatoms. The van der Waals surface area contributed by atoms with Gasteiger partial charge in [0.05, 0.1) is 0 Å². The van der Waals surface area contributed by atoms with Gasteiger partial charge in [-0.2, -0.15) is 0 Å². The minimum Gasteiger partial charge on any atom is -0.246 e. The second-order valence-corrected chi connectivity index (χ2v) is 8.76. The van der Waals surface area contributed by atoms with E-state index in [1.165, 1.54) is 17.9 Å². The average Bonchev–Trinajstić information content (AvgIpc) is 1.78. The van der Waals surface area contributed by atoms with Gasteiger partial charge in [0.2, 0.25) is 0 Å². The summed E-state index contributed by atoms with van der Waals surface area (Å²) in [7, 11) is -0.154. The lowest BCUT2D eigenvalue weighted by atomic mass is 9.94. The summed E-state index contributed by atoms with van der Waals surface area (Å²) in [6.45, 7) is 4.80. The summed E-state index contributed by atoms with van der Waals surface area (Å²) in [6, 6.07) is 0. The Morgan fingerprint density at radius 1 is 1.22 bits per heavy atom. The SMILES string of the molecule is CC1(C)CCS(C)(C)C1. The first-order valence-corrected chi connectivity index (χ1v) is 6.39. The molecule has 1 heterocycles. The number of rotatable bonds is 0.